The Hall–Kier alpha value is -2.30. The van der Waals surface area contributed by atoms with Crippen LogP contribution in [0.25, 0.3) is 0 Å². The van der Waals surface area contributed by atoms with E-state index < -0.39 is 0 Å². The van der Waals surface area contributed by atoms with E-state index in [0.29, 0.717) is 6.42 Å². The fourth-order valence-electron chi connectivity index (χ4n) is 3.09. The number of rotatable bonds is 5. The van der Waals surface area contributed by atoms with Crippen LogP contribution >= 0.6 is 0 Å². The first-order chi connectivity index (χ1) is 11.1. The SMILES string of the molecule is COC(=O)/C=C1\CC[C@H](CC(=O)OC)N1[C@H](C)c1ccccc1. The number of likely N-dealkylation sites (tertiary alicyclic amines) is 1. The van der Waals surface area contributed by atoms with E-state index in [9.17, 15) is 9.59 Å². The Morgan fingerprint density at radius 2 is 1.96 bits per heavy atom. The van der Waals surface area contributed by atoms with E-state index >= 15 is 0 Å². The first-order valence-electron chi connectivity index (χ1n) is 7.75. The minimum Gasteiger partial charge on any atom is -0.469 e. The lowest BCUT2D eigenvalue weighted by molar-refractivity contribution is -0.141. The van der Waals surface area contributed by atoms with E-state index in [1.54, 1.807) is 0 Å². The van der Waals surface area contributed by atoms with Crippen LogP contribution in [0.15, 0.2) is 42.1 Å². The standard InChI is InChI=1S/C18H23NO4/c1-13(14-7-5-4-6-8-14)19-15(11-17(20)22-2)9-10-16(19)12-18(21)23-3/h4-8,11,13,16H,9-10,12H2,1-3H3/b15-11+/t13-,16-/m1/s1. The fourth-order valence-corrected chi connectivity index (χ4v) is 3.09. The number of allylic oxidation sites excluding steroid dienone is 1. The highest BCUT2D eigenvalue weighted by molar-refractivity contribution is 5.82. The third kappa shape index (κ3) is 4.12. The van der Waals surface area contributed by atoms with Gasteiger partial charge in [-0.2, -0.15) is 0 Å². The zero-order valence-corrected chi connectivity index (χ0v) is 13.8. The molecular weight excluding hydrogens is 294 g/mol. The number of esters is 2. The van der Waals surface area contributed by atoms with E-state index in [1.807, 2.05) is 30.3 Å². The van der Waals surface area contributed by atoms with Gasteiger partial charge in [0.15, 0.2) is 0 Å². The summed E-state index contributed by atoms with van der Waals surface area (Å²) in [6.45, 7) is 2.08. The van der Waals surface area contributed by atoms with Crippen LogP contribution in [0.1, 0.15) is 37.8 Å². The third-order valence-electron chi connectivity index (χ3n) is 4.27. The van der Waals surface area contributed by atoms with Crippen molar-refractivity contribution in [2.24, 2.45) is 0 Å². The second kappa shape index (κ2) is 7.81. The number of nitrogens with zero attached hydrogens (tertiary/aromatic N) is 1. The van der Waals surface area contributed by atoms with Crippen molar-refractivity contribution in [3.05, 3.63) is 47.7 Å². The molecule has 1 aliphatic heterocycles. The second-order valence-electron chi connectivity index (χ2n) is 5.63. The van der Waals surface area contributed by atoms with Gasteiger partial charge in [0, 0.05) is 17.8 Å². The minimum absolute atomic E-state index is 0.0218. The molecule has 0 amide bonds. The number of methoxy groups -OCH3 is 2. The van der Waals surface area contributed by atoms with Crippen molar-refractivity contribution in [2.45, 2.75) is 38.3 Å². The van der Waals surface area contributed by atoms with Crippen molar-refractivity contribution in [1.82, 2.24) is 4.90 Å². The Morgan fingerprint density at radius 3 is 2.57 bits per heavy atom. The van der Waals surface area contributed by atoms with Crippen molar-refractivity contribution < 1.29 is 19.1 Å². The summed E-state index contributed by atoms with van der Waals surface area (Å²) in [5.74, 6) is -0.608. The van der Waals surface area contributed by atoms with Crippen LogP contribution in [0.4, 0.5) is 0 Å². The van der Waals surface area contributed by atoms with Crippen molar-refractivity contribution in [3.8, 4) is 0 Å². The van der Waals surface area contributed by atoms with Gasteiger partial charge in [-0.15, -0.1) is 0 Å². The van der Waals surface area contributed by atoms with Crippen LogP contribution in [-0.4, -0.2) is 37.1 Å². The maximum Gasteiger partial charge on any atom is 0.332 e. The van der Waals surface area contributed by atoms with Crippen molar-refractivity contribution in [3.63, 3.8) is 0 Å². The Kier molecular flexibility index (Phi) is 5.79. The molecule has 1 aromatic rings. The van der Waals surface area contributed by atoms with Gasteiger partial charge in [0.05, 0.1) is 26.7 Å². The zero-order valence-electron chi connectivity index (χ0n) is 13.8. The molecule has 5 nitrogen and oxygen atoms in total. The van der Waals surface area contributed by atoms with Crippen LogP contribution in [-0.2, 0) is 19.1 Å². The first kappa shape index (κ1) is 17.1. The second-order valence-corrected chi connectivity index (χ2v) is 5.63. The van der Waals surface area contributed by atoms with E-state index in [0.717, 1.165) is 24.1 Å². The average Bonchev–Trinajstić information content (AvgIpc) is 2.96. The summed E-state index contributed by atoms with van der Waals surface area (Å²) in [7, 11) is 2.76. The highest BCUT2D eigenvalue weighted by atomic mass is 16.5. The molecule has 1 saturated heterocycles. The van der Waals surface area contributed by atoms with Crippen molar-refractivity contribution >= 4 is 11.9 Å². The molecule has 1 aliphatic rings. The molecule has 5 heteroatoms. The topological polar surface area (TPSA) is 55.8 Å². The molecule has 0 radical (unpaired) electrons. The van der Waals surface area contributed by atoms with E-state index in [4.69, 9.17) is 9.47 Å². The lowest BCUT2D eigenvalue weighted by atomic mass is 10.0. The van der Waals surface area contributed by atoms with Gasteiger partial charge in [0.1, 0.15) is 0 Å². The van der Waals surface area contributed by atoms with Crippen molar-refractivity contribution in [2.75, 3.05) is 14.2 Å². The number of ether oxygens (including phenoxy) is 2. The van der Waals surface area contributed by atoms with Crippen LogP contribution in [0.2, 0.25) is 0 Å². The summed E-state index contributed by atoms with van der Waals surface area (Å²) in [5, 5.41) is 0. The van der Waals surface area contributed by atoms with E-state index in [-0.39, 0.29) is 24.0 Å². The van der Waals surface area contributed by atoms with Gasteiger partial charge in [-0.1, -0.05) is 30.3 Å². The quantitative estimate of drug-likeness (QED) is 0.617. The molecule has 0 aliphatic carbocycles. The highest BCUT2D eigenvalue weighted by Gasteiger charge is 2.34. The Balaban J connectivity index is 2.29. The normalized spacial score (nSPS) is 20.4. The molecule has 0 saturated carbocycles. The lowest BCUT2D eigenvalue weighted by Crippen LogP contribution is -2.33. The van der Waals surface area contributed by atoms with Gasteiger partial charge in [-0.25, -0.2) is 4.79 Å². The molecule has 1 fully saturated rings. The van der Waals surface area contributed by atoms with Gasteiger partial charge in [-0.3, -0.25) is 4.79 Å². The van der Waals surface area contributed by atoms with Crippen molar-refractivity contribution in [1.29, 1.82) is 0 Å². The summed E-state index contributed by atoms with van der Waals surface area (Å²) in [6, 6.07) is 10.1. The largest absolute Gasteiger partial charge is 0.469 e. The highest BCUT2D eigenvalue weighted by Crippen LogP contribution is 2.37. The molecular formula is C18H23NO4. The van der Waals surface area contributed by atoms with E-state index in [1.165, 1.54) is 20.3 Å². The summed E-state index contributed by atoms with van der Waals surface area (Å²) >= 11 is 0. The number of benzene rings is 1. The molecule has 0 bridgehead atoms. The number of hydrogen-bond acceptors (Lipinski definition) is 5. The minimum atomic E-state index is -0.371. The van der Waals surface area contributed by atoms with Crippen LogP contribution in [0, 0.1) is 0 Å². The predicted octanol–water partition coefficient (Wildman–Crippen LogP) is 2.83. The number of carbonyl (C=O) groups is 2. The summed E-state index contributed by atoms with van der Waals surface area (Å²) in [4.78, 5) is 25.5. The summed E-state index contributed by atoms with van der Waals surface area (Å²) in [6.07, 6.45) is 3.39. The summed E-state index contributed by atoms with van der Waals surface area (Å²) < 4.78 is 9.56. The van der Waals surface area contributed by atoms with Crippen LogP contribution < -0.4 is 0 Å². The molecule has 0 N–H and O–H groups in total. The molecule has 0 aromatic heterocycles. The molecule has 0 spiro atoms. The molecule has 23 heavy (non-hydrogen) atoms. The monoisotopic (exact) mass is 317 g/mol. The molecule has 1 aromatic carbocycles. The van der Waals surface area contributed by atoms with Gasteiger partial charge in [-0.05, 0) is 25.3 Å². The first-order valence-corrected chi connectivity index (χ1v) is 7.75. The zero-order chi connectivity index (χ0) is 16.8. The lowest BCUT2D eigenvalue weighted by Gasteiger charge is -2.34. The molecule has 2 atom stereocenters. The molecule has 2 rings (SSSR count). The maximum absolute atomic E-state index is 11.7. The molecule has 1 heterocycles. The van der Waals surface area contributed by atoms with Gasteiger partial charge < -0.3 is 14.4 Å². The van der Waals surface area contributed by atoms with Crippen LogP contribution in [0.3, 0.4) is 0 Å². The Bertz CT molecular complexity index is 582. The summed E-state index contributed by atoms with van der Waals surface area (Å²) in [5.41, 5.74) is 2.04. The molecule has 124 valence electrons. The number of hydrogen-bond donors (Lipinski definition) is 0. The van der Waals surface area contributed by atoms with E-state index in [2.05, 4.69) is 11.8 Å². The molecule has 0 unspecified atom stereocenters. The average molecular weight is 317 g/mol. The van der Waals surface area contributed by atoms with Gasteiger partial charge >= 0.3 is 11.9 Å². The van der Waals surface area contributed by atoms with Crippen LogP contribution in [0.5, 0.6) is 0 Å². The van der Waals surface area contributed by atoms with Gasteiger partial charge in [0.25, 0.3) is 0 Å². The fraction of sp³-hybridized carbons (Fsp3) is 0.444. The predicted molar refractivity (Wildman–Crippen MR) is 86.5 cm³/mol. The Morgan fingerprint density at radius 1 is 1.26 bits per heavy atom. The third-order valence-corrected chi connectivity index (χ3v) is 4.27. The number of carbonyl (C=O) groups excluding carboxylic acids is 2. The Labute approximate surface area is 136 Å². The van der Waals surface area contributed by atoms with Gasteiger partial charge in [0.2, 0.25) is 0 Å². The maximum atomic E-state index is 11.7. The smallest absolute Gasteiger partial charge is 0.332 e.